The van der Waals surface area contributed by atoms with Crippen molar-refractivity contribution >= 4 is 34.9 Å². The lowest BCUT2D eigenvalue weighted by Gasteiger charge is -2.18. The molecule has 2 aromatic rings. The predicted octanol–water partition coefficient (Wildman–Crippen LogP) is 3.00. The van der Waals surface area contributed by atoms with E-state index in [0.29, 0.717) is 18.8 Å². The van der Waals surface area contributed by atoms with Gasteiger partial charge in [0, 0.05) is 19.2 Å². The Hall–Kier alpha value is -1.85. The van der Waals surface area contributed by atoms with E-state index in [-0.39, 0.29) is 15.9 Å². The molecule has 3 rings (SSSR count). The summed E-state index contributed by atoms with van der Waals surface area (Å²) in [4.78, 5) is 13.0. The summed E-state index contributed by atoms with van der Waals surface area (Å²) in [6.45, 7) is 1.20. The van der Waals surface area contributed by atoms with Gasteiger partial charge < -0.3 is 10.0 Å². The Morgan fingerprint density at radius 2 is 1.90 bits per heavy atom. The second kappa shape index (κ2) is 4.92. The van der Waals surface area contributed by atoms with E-state index < -0.39 is 5.97 Å². The number of benzene rings is 1. The van der Waals surface area contributed by atoms with Crippen LogP contribution in [0.25, 0.3) is 0 Å². The fraction of sp³-hybridized carbons (Fsp3) is 0.154. The Bertz CT molecular complexity index is 706. The largest absolute Gasteiger partial charge is 0.478 e. The van der Waals surface area contributed by atoms with Gasteiger partial charge in [-0.15, -0.1) is 10.2 Å². The van der Waals surface area contributed by atoms with Crippen LogP contribution in [-0.4, -0.2) is 21.3 Å². The van der Waals surface area contributed by atoms with Crippen molar-refractivity contribution in [2.45, 2.75) is 13.1 Å². The molecule has 20 heavy (non-hydrogen) atoms. The van der Waals surface area contributed by atoms with E-state index in [1.807, 2.05) is 11.0 Å². The van der Waals surface area contributed by atoms with Gasteiger partial charge in [0.25, 0.3) is 0 Å². The van der Waals surface area contributed by atoms with Crippen LogP contribution in [0.5, 0.6) is 0 Å². The van der Waals surface area contributed by atoms with Crippen molar-refractivity contribution in [2.24, 2.45) is 0 Å². The monoisotopic (exact) mass is 309 g/mol. The number of fused-ring (bicyclic) bond motifs is 1. The molecule has 1 aromatic heterocycles. The predicted molar refractivity (Wildman–Crippen MR) is 75.3 cm³/mol. The Morgan fingerprint density at radius 1 is 1.15 bits per heavy atom. The van der Waals surface area contributed by atoms with E-state index in [4.69, 9.17) is 28.3 Å². The van der Waals surface area contributed by atoms with Gasteiger partial charge in [-0.25, -0.2) is 4.79 Å². The summed E-state index contributed by atoms with van der Waals surface area (Å²) in [6.07, 6.45) is 0. The first-order valence-corrected chi connectivity index (χ1v) is 6.59. The number of rotatable bonds is 2. The number of halogens is 2. The van der Waals surface area contributed by atoms with Crippen molar-refractivity contribution in [1.29, 1.82) is 0 Å². The molecule has 0 fully saturated rings. The molecule has 1 aliphatic heterocycles. The van der Waals surface area contributed by atoms with Crippen molar-refractivity contribution in [3.63, 3.8) is 0 Å². The lowest BCUT2D eigenvalue weighted by molar-refractivity contribution is 0.0697. The SMILES string of the molecule is O=C(O)c1ccc2c(c1)CN(c1cc(Cl)nnc1Cl)C2. The zero-order valence-corrected chi connectivity index (χ0v) is 11.7. The van der Waals surface area contributed by atoms with Crippen molar-refractivity contribution < 1.29 is 9.90 Å². The van der Waals surface area contributed by atoms with E-state index in [1.54, 1.807) is 18.2 Å². The Morgan fingerprint density at radius 3 is 2.65 bits per heavy atom. The quantitative estimate of drug-likeness (QED) is 0.923. The molecule has 1 aliphatic rings. The normalized spacial score (nSPS) is 13.4. The minimum Gasteiger partial charge on any atom is -0.478 e. The third-order valence-electron chi connectivity index (χ3n) is 3.22. The number of carboxylic acids is 1. The summed E-state index contributed by atoms with van der Waals surface area (Å²) in [7, 11) is 0. The van der Waals surface area contributed by atoms with Crippen molar-refractivity contribution in [3.05, 3.63) is 51.3 Å². The van der Waals surface area contributed by atoms with Crippen LogP contribution >= 0.6 is 23.2 Å². The smallest absolute Gasteiger partial charge is 0.335 e. The fourth-order valence-corrected chi connectivity index (χ4v) is 2.62. The molecular weight excluding hydrogens is 301 g/mol. The third kappa shape index (κ3) is 2.30. The molecule has 1 aromatic carbocycles. The van der Waals surface area contributed by atoms with E-state index in [0.717, 1.165) is 11.1 Å². The van der Waals surface area contributed by atoms with Gasteiger partial charge in [-0.3, -0.25) is 0 Å². The number of hydrogen-bond donors (Lipinski definition) is 1. The molecule has 0 bridgehead atoms. The second-order valence-corrected chi connectivity index (χ2v) is 5.23. The highest BCUT2D eigenvalue weighted by atomic mass is 35.5. The average Bonchev–Trinajstić information content (AvgIpc) is 2.83. The van der Waals surface area contributed by atoms with Gasteiger partial charge in [0.05, 0.1) is 11.3 Å². The highest BCUT2D eigenvalue weighted by Gasteiger charge is 2.23. The maximum atomic E-state index is 11.0. The summed E-state index contributed by atoms with van der Waals surface area (Å²) in [5, 5.41) is 17.0. The van der Waals surface area contributed by atoms with Gasteiger partial charge in [-0.05, 0) is 23.3 Å². The topological polar surface area (TPSA) is 66.3 Å². The van der Waals surface area contributed by atoms with Gasteiger partial charge in [0.1, 0.15) is 0 Å². The lowest BCUT2D eigenvalue weighted by Crippen LogP contribution is -2.15. The second-order valence-electron chi connectivity index (χ2n) is 4.49. The van der Waals surface area contributed by atoms with E-state index in [2.05, 4.69) is 10.2 Å². The molecule has 0 unspecified atom stereocenters. The van der Waals surface area contributed by atoms with Crippen molar-refractivity contribution in [2.75, 3.05) is 4.90 Å². The molecule has 1 N–H and O–H groups in total. The number of carboxylic acid groups (broad SMARTS) is 1. The molecule has 7 heteroatoms. The average molecular weight is 310 g/mol. The molecule has 0 aliphatic carbocycles. The van der Waals surface area contributed by atoms with E-state index >= 15 is 0 Å². The molecular formula is C13H9Cl2N3O2. The van der Waals surface area contributed by atoms with Crippen molar-refractivity contribution in [3.8, 4) is 0 Å². The van der Waals surface area contributed by atoms with E-state index in [1.165, 1.54) is 0 Å². The van der Waals surface area contributed by atoms with Gasteiger partial charge in [-0.1, -0.05) is 29.3 Å². The van der Waals surface area contributed by atoms with Gasteiger partial charge in [-0.2, -0.15) is 0 Å². The number of aromatic carboxylic acids is 1. The Labute approximate surface area is 124 Å². The minimum atomic E-state index is -0.932. The van der Waals surface area contributed by atoms with Crippen LogP contribution in [-0.2, 0) is 13.1 Å². The summed E-state index contributed by atoms with van der Waals surface area (Å²) in [5.74, 6) is -0.932. The third-order valence-corrected chi connectivity index (χ3v) is 3.67. The van der Waals surface area contributed by atoms with Crippen LogP contribution in [0.3, 0.4) is 0 Å². The summed E-state index contributed by atoms with van der Waals surface area (Å²) in [5.41, 5.74) is 3.01. The van der Waals surface area contributed by atoms with Crippen LogP contribution in [0.1, 0.15) is 21.5 Å². The molecule has 5 nitrogen and oxygen atoms in total. The van der Waals surface area contributed by atoms with Gasteiger partial charge in [0.2, 0.25) is 0 Å². The molecule has 102 valence electrons. The highest BCUT2D eigenvalue weighted by molar-refractivity contribution is 6.33. The molecule has 0 amide bonds. The lowest BCUT2D eigenvalue weighted by atomic mass is 10.1. The first-order chi connectivity index (χ1) is 9.54. The summed E-state index contributed by atoms with van der Waals surface area (Å²) < 4.78 is 0. The maximum absolute atomic E-state index is 11.0. The number of carbonyl (C=O) groups is 1. The molecule has 0 saturated carbocycles. The van der Waals surface area contributed by atoms with Crippen LogP contribution in [0.15, 0.2) is 24.3 Å². The van der Waals surface area contributed by atoms with Crippen molar-refractivity contribution in [1.82, 2.24) is 10.2 Å². The first-order valence-electron chi connectivity index (χ1n) is 5.83. The number of anilines is 1. The Balaban J connectivity index is 1.94. The molecule has 0 radical (unpaired) electrons. The van der Waals surface area contributed by atoms with Gasteiger partial charge in [0.15, 0.2) is 10.3 Å². The number of hydrogen-bond acceptors (Lipinski definition) is 4. The van der Waals surface area contributed by atoms with Gasteiger partial charge >= 0.3 is 5.97 Å². The highest BCUT2D eigenvalue weighted by Crippen LogP contribution is 2.33. The maximum Gasteiger partial charge on any atom is 0.335 e. The van der Waals surface area contributed by atoms with Crippen LogP contribution in [0.4, 0.5) is 5.69 Å². The standard InChI is InChI=1S/C13H9Cl2N3O2/c14-11-4-10(12(15)17-16-11)18-5-8-2-1-7(13(19)20)3-9(8)6-18/h1-4H,5-6H2,(H,19,20). The molecule has 2 heterocycles. The molecule has 0 atom stereocenters. The first kappa shape index (κ1) is 13.1. The number of nitrogens with zero attached hydrogens (tertiary/aromatic N) is 3. The summed E-state index contributed by atoms with van der Waals surface area (Å²) in [6, 6.07) is 6.76. The molecule has 0 saturated heterocycles. The Kier molecular flexibility index (Phi) is 3.23. The fourth-order valence-electron chi connectivity index (χ4n) is 2.26. The summed E-state index contributed by atoms with van der Waals surface area (Å²) >= 11 is 11.9. The number of aromatic nitrogens is 2. The van der Waals surface area contributed by atoms with Crippen LogP contribution < -0.4 is 4.90 Å². The van der Waals surface area contributed by atoms with Crippen LogP contribution in [0, 0.1) is 0 Å². The minimum absolute atomic E-state index is 0.270. The zero-order chi connectivity index (χ0) is 14.3. The van der Waals surface area contributed by atoms with E-state index in [9.17, 15) is 4.79 Å². The van der Waals surface area contributed by atoms with Crippen LogP contribution in [0.2, 0.25) is 10.3 Å². The molecule has 0 spiro atoms. The zero-order valence-electron chi connectivity index (χ0n) is 10.2.